The predicted octanol–water partition coefficient (Wildman–Crippen LogP) is 1.26. The Hall–Kier alpha value is -1.62. The third-order valence-corrected chi connectivity index (χ3v) is 3.27. The molecule has 5 nitrogen and oxygen atoms in total. The smallest absolute Gasteiger partial charge is 0.0831 e. The maximum Gasteiger partial charge on any atom is 0.0831 e. The molecule has 2 rings (SSSR count). The first-order chi connectivity index (χ1) is 8.65. The van der Waals surface area contributed by atoms with Gasteiger partial charge < -0.3 is 5.32 Å². The van der Waals surface area contributed by atoms with E-state index in [0.717, 1.165) is 25.2 Å². The van der Waals surface area contributed by atoms with Crippen molar-refractivity contribution in [1.82, 2.24) is 24.9 Å². The van der Waals surface area contributed by atoms with Crippen LogP contribution >= 0.6 is 0 Å². The van der Waals surface area contributed by atoms with Crippen LogP contribution in [-0.2, 0) is 26.6 Å². The fourth-order valence-corrected chi connectivity index (χ4v) is 2.05. The summed E-state index contributed by atoms with van der Waals surface area (Å²) in [4.78, 5) is 0. The van der Waals surface area contributed by atoms with Crippen molar-refractivity contribution in [2.75, 3.05) is 7.05 Å². The number of aromatic nitrogens is 4. The lowest BCUT2D eigenvalue weighted by Crippen LogP contribution is -2.10. The second kappa shape index (κ2) is 5.35. The van der Waals surface area contributed by atoms with Gasteiger partial charge in [0.05, 0.1) is 24.1 Å². The normalized spacial score (nSPS) is 11.1. The van der Waals surface area contributed by atoms with Crippen LogP contribution in [0.2, 0.25) is 0 Å². The summed E-state index contributed by atoms with van der Waals surface area (Å²) in [5.74, 6) is 0. The molecule has 0 saturated heterocycles. The van der Waals surface area contributed by atoms with Gasteiger partial charge in [-0.3, -0.25) is 9.36 Å². The third-order valence-electron chi connectivity index (χ3n) is 3.27. The van der Waals surface area contributed by atoms with Crippen molar-refractivity contribution in [1.29, 1.82) is 0 Å². The lowest BCUT2D eigenvalue weighted by molar-refractivity contribution is 0.604. The molecular formula is C13H21N5. The largest absolute Gasteiger partial charge is 0.316 e. The second-order valence-corrected chi connectivity index (χ2v) is 4.55. The summed E-state index contributed by atoms with van der Waals surface area (Å²) in [7, 11) is 3.94. The molecule has 98 valence electrons. The van der Waals surface area contributed by atoms with Gasteiger partial charge in [0.2, 0.25) is 0 Å². The van der Waals surface area contributed by atoms with E-state index < -0.39 is 0 Å². The third kappa shape index (κ3) is 2.46. The fraction of sp³-hybridized carbons (Fsp3) is 0.538. The highest BCUT2D eigenvalue weighted by atomic mass is 15.3. The fourth-order valence-electron chi connectivity index (χ4n) is 2.05. The number of hydrogen-bond acceptors (Lipinski definition) is 3. The van der Waals surface area contributed by atoms with Gasteiger partial charge in [-0.25, -0.2) is 0 Å². The molecule has 2 aromatic rings. The maximum atomic E-state index is 4.46. The van der Waals surface area contributed by atoms with E-state index in [9.17, 15) is 0 Å². The number of nitrogens with zero attached hydrogens (tertiary/aromatic N) is 4. The summed E-state index contributed by atoms with van der Waals surface area (Å²) in [6, 6.07) is 2.15. The zero-order valence-electron chi connectivity index (χ0n) is 11.6. The van der Waals surface area contributed by atoms with Gasteiger partial charge in [0.15, 0.2) is 0 Å². The van der Waals surface area contributed by atoms with Crippen LogP contribution in [0.5, 0.6) is 0 Å². The SMILES string of the molecule is CCc1cc(Cn2ncc(CNC)c2C)n(C)n1. The van der Waals surface area contributed by atoms with Crippen LogP contribution in [0.4, 0.5) is 0 Å². The van der Waals surface area contributed by atoms with E-state index >= 15 is 0 Å². The first kappa shape index (κ1) is 12.8. The average Bonchev–Trinajstić information content (AvgIpc) is 2.88. The quantitative estimate of drug-likeness (QED) is 0.865. The Morgan fingerprint density at radius 1 is 1.39 bits per heavy atom. The molecule has 1 N–H and O–H groups in total. The Morgan fingerprint density at radius 3 is 2.78 bits per heavy atom. The van der Waals surface area contributed by atoms with E-state index in [1.54, 1.807) is 0 Å². The standard InChI is InChI=1S/C13H21N5/c1-5-12-6-13(17(4)16-12)9-18-10(2)11(7-14-3)8-15-18/h6,8,14H,5,7,9H2,1-4H3. The van der Waals surface area contributed by atoms with E-state index in [-0.39, 0.29) is 0 Å². The Kier molecular flexibility index (Phi) is 3.81. The molecule has 0 fully saturated rings. The molecular weight excluding hydrogens is 226 g/mol. The Balaban J connectivity index is 2.20. The van der Waals surface area contributed by atoms with E-state index in [1.807, 2.05) is 29.7 Å². The van der Waals surface area contributed by atoms with Gasteiger partial charge in [0.25, 0.3) is 0 Å². The van der Waals surface area contributed by atoms with Gasteiger partial charge in [-0.05, 0) is 26.5 Å². The lowest BCUT2D eigenvalue weighted by Gasteiger charge is -2.05. The van der Waals surface area contributed by atoms with Crippen LogP contribution in [0.1, 0.15) is 29.6 Å². The molecule has 2 aromatic heterocycles. The van der Waals surface area contributed by atoms with E-state index in [2.05, 4.69) is 35.4 Å². The molecule has 18 heavy (non-hydrogen) atoms. The van der Waals surface area contributed by atoms with Crippen molar-refractivity contribution in [3.63, 3.8) is 0 Å². The molecule has 0 amide bonds. The first-order valence-electron chi connectivity index (χ1n) is 6.33. The molecule has 0 saturated carbocycles. The van der Waals surface area contributed by atoms with Crippen molar-refractivity contribution >= 4 is 0 Å². The maximum absolute atomic E-state index is 4.46. The molecule has 5 heteroatoms. The number of nitrogens with one attached hydrogen (secondary N) is 1. The van der Waals surface area contributed by atoms with Crippen molar-refractivity contribution in [2.24, 2.45) is 7.05 Å². The zero-order chi connectivity index (χ0) is 13.1. The van der Waals surface area contributed by atoms with Crippen LogP contribution in [0, 0.1) is 6.92 Å². The molecule has 0 bridgehead atoms. The van der Waals surface area contributed by atoms with E-state index in [4.69, 9.17) is 0 Å². The highest BCUT2D eigenvalue weighted by Gasteiger charge is 2.09. The van der Waals surface area contributed by atoms with Gasteiger partial charge in [-0.15, -0.1) is 0 Å². The monoisotopic (exact) mass is 247 g/mol. The Bertz CT molecular complexity index is 523. The summed E-state index contributed by atoms with van der Waals surface area (Å²) < 4.78 is 3.97. The van der Waals surface area contributed by atoms with Crippen LogP contribution in [-0.4, -0.2) is 26.6 Å². The van der Waals surface area contributed by atoms with E-state index in [0.29, 0.717) is 0 Å². The molecule has 0 radical (unpaired) electrons. The van der Waals surface area contributed by atoms with Crippen molar-refractivity contribution in [3.05, 3.63) is 34.9 Å². The lowest BCUT2D eigenvalue weighted by atomic mass is 10.2. The van der Waals surface area contributed by atoms with Crippen LogP contribution in [0.3, 0.4) is 0 Å². The summed E-state index contributed by atoms with van der Waals surface area (Å²) in [6.45, 7) is 5.86. The molecule has 0 aliphatic carbocycles. The molecule has 0 aliphatic rings. The predicted molar refractivity (Wildman–Crippen MR) is 71.4 cm³/mol. The van der Waals surface area contributed by atoms with Gasteiger partial charge >= 0.3 is 0 Å². The summed E-state index contributed by atoms with van der Waals surface area (Å²) in [6.07, 6.45) is 2.90. The summed E-state index contributed by atoms with van der Waals surface area (Å²) in [5, 5.41) is 12.1. The summed E-state index contributed by atoms with van der Waals surface area (Å²) >= 11 is 0. The van der Waals surface area contributed by atoms with Gasteiger partial charge in [0.1, 0.15) is 0 Å². The molecule has 0 aromatic carbocycles. The first-order valence-corrected chi connectivity index (χ1v) is 6.33. The topological polar surface area (TPSA) is 47.7 Å². The molecule has 0 spiro atoms. The highest BCUT2D eigenvalue weighted by Crippen LogP contribution is 2.11. The average molecular weight is 247 g/mol. The molecule has 0 unspecified atom stereocenters. The minimum atomic E-state index is 0.777. The minimum Gasteiger partial charge on any atom is -0.316 e. The second-order valence-electron chi connectivity index (χ2n) is 4.55. The Labute approximate surface area is 108 Å². The van der Waals surface area contributed by atoms with Gasteiger partial charge in [-0.1, -0.05) is 6.92 Å². The van der Waals surface area contributed by atoms with Crippen LogP contribution < -0.4 is 5.32 Å². The van der Waals surface area contributed by atoms with Gasteiger partial charge in [0, 0.05) is 24.8 Å². The van der Waals surface area contributed by atoms with E-state index in [1.165, 1.54) is 17.0 Å². The number of hydrogen-bond donors (Lipinski definition) is 1. The number of aryl methyl sites for hydroxylation is 2. The molecule has 2 heterocycles. The van der Waals surface area contributed by atoms with Crippen molar-refractivity contribution in [3.8, 4) is 0 Å². The molecule has 0 atom stereocenters. The molecule has 0 aliphatic heterocycles. The van der Waals surface area contributed by atoms with Crippen molar-refractivity contribution < 1.29 is 0 Å². The number of rotatable bonds is 5. The highest BCUT2D eigenvalue weighted by molar-refractivity contribution is 5.18. The van der Waals surface area contributed by atoms with Crippen molar-refractivity contribution in [2.45, 2.75) is 33.4 Å². The Morgan fingerprint density at radius 2 is 2.17 bits per heavy atom. The summed E-state index contributed by atoms with van der Waals surface area (Å²) in [5.41, 5.74) is 4.78. The van der Waals surface area contributed by atoms with Gasteiger partial charge in [-0.2, -0.15) is 10.2 Å². The zero-order valence-corrected chi connectivity index (χ0v) is 11.6. The van der Waals surface area contributed by atoms with Crippen LogP contribution in [0.25, 0.3) is 0 Å². The van der Waals surface area contributed by atoms with Crippen LogP contribution in [0.15, 0.2) is 12.3 Å². The minimum absolute atomic E-state index is 0.777.